The van der Waals surface area contributed by atoms with Crippen molar-refractivity contribution in [3.8, 4) is 5.75 Å². The van der Waals surface area contributed by atoms with E-state index in [0.717, 1.165) is 0 Å². The maximum Gasteiger partial charge on any atom is 0.255 e. The van der Waals surface area contributed by atoms with E-state index < -0.39 is 5.91 Å². The van der Waals surface area contributed by atoms with Crippen molar-refractivity contribution in [1.29, 1.82) is 0 Å². The third-order valence-electron chi connectivity index (χ3n) is 1.92. The standard InChI is InChI=1S/C12H16N2O3/c1-8(2)14-12(16)9-3-5-10(6-4-9)17-7-11(13)15/h3-6,8H,7H2,1-2H3,(H2,13,15)(H,14,16). The van der Waals surface area contributed by atoms with Crippen LogP contribution in [0.5, 0.6) is 5.75 Å². The van der Waals surface area contributed by atoms with Crippen LogP contribution in [0.3, 0.4) is 0 Å². The Morgan fingerprint density at radius 2 is 1.88 bits per heavy atom. The number of primary amides is 1. The molecule has 0 saturated carbocycles. The summed E-state index contributed by atoms with van der Waals surface area (Å²) < 4.78 is 5.08. The summed E-state index contributed by atoms with van der Waals surface area (Å²) in [6, 6.07) is 6.60. The molecule has 3 N–H and O–H groups in total. The molecule has 0 saturated heterocycles. The molecule has 0 aliphatic carbocycles. The summed E-state index contributed by atoms with van der Waals surface area (Å²) in [5.74, 6) is -0.169. The number of nitrogens with two attached hydrogens (primary N) is 1. The third-order valence-corrected chi connectivity index (χ3v) is 1.92. The Morgan fingerprint density at radius 3 is 2.35 bits per heavy atom. The number of amides is 2. The van der Waals surface area contributed by atoms with E-state index in [1.165, 1.54) is 0 Å². The van der Waals surface area contributed by atoms with Gasteiger partial charge in [0.1, 0.15) is 5.75 Å². The third kappa shape index (κ3) is 4.55. The second-order valence-corrected chi connectivity index (χ2v) is 3.91. The zero-order valence-electron chi connectivity index (χ0n) is 9.90. The van der Waals surface area contributed by atoms with Crippen LogP contribution in [0.15, 0.2) is 24.3 Å². The number of nitrogens with one attached hydrogen (secondary N) is 1. The van der Waals surface area contributed by atoms with Gasteiger partial charge >= 0.3 is 0 Å². The van der Waals surface area contributed by atoms with Crippen molar-refractivity contribution >= 4 is 11.8 Å². The highest BCUT2D eigenvalue weighted by atomic mass is 16.5. The fourth-order valence-corrected chi connectivity index (χ4v) is 1.20. The molecule has 0 bridgehead atoms. The van der Waals surface area contributed by atoms with Crippen molar-refractivity contribution in [2.75, 3.05) is 6.61 Å². The molecule has 2 amide bonds. The Morgan fingerprint density at radius 1 is 1.29 bits per heavy atom. The number of carbonyl (C=O) groups is 2. The van der Waals surface area contributed by atoms with E-state index in [-0.39, 0.29) is 18.6 Å². The zero-order chi connectivity index (χ0) is 12.8. The van der Waals surface area contributed by atoms with Gasteiger partial charge in [-0.3, -0.25) is 9.59 Å². The molecule has 5 nitrogen and oxygen atoms in total. The van der Waals surface area contributed by atoms with Crippen LogP contribution in [0, 0.1) is 0 Å². The van der Waals surface area contributed by atoms with Gasteiger partial charge in [-0.25, -0.2) is 0 Å². The largest absolute Gasteiger partial charge is 0.484 e. The van der Waals surface area contributed by atoms with Crippen LogP contribution in [0.1, 0.15) is 24.2 Å². The summed E-state index contributed by atoms with van der Waals surface area (Å²) in [6.07, 6.45) is 0. The normalized spacial score (nSPS) is 10.1. The van der Waals surface area contributed by atoms with Crippen molar-refractivity contribution in [1.82, 2.24) is 5.32 Å². The second kappa shape index (κ2) is 5.89. The van der Waals surface area contributed by atoms with Crippen molar-refractivity contribution in [2.45, 2.75) is 19.9 Å². The number of benzene rings is 1. The summed E-state index contributed by atoms with van der Waals surface area (Å²) in [5.41, 5.74) is 5.49. The molecule has 0 aliphatic rings. The summed E-state index contributed by atoms with van der Waals surface area (Å²) >= 11 is 0. The number of hydrogen-bond acceptors (Lipinski definition) is 3. The molecule has 0 aromatic heterocycles. The lowest BCUT2D eigenvalue weighted by Gasteiger charge is -2.09. The van der Waals surface area contributed by atoms with Gasteiger partial charge < -0.3 is 15.8 Å². The molecular weight excluding hydrogens is 220 g/mol. The van der Waals surface area contributed by atoms with Crippen LogP contribution in [0.25, 0.3) is 0 Å². The molecular formula is C12H16N2O3. The van der Waals surface area contributed by atoms with E-state index in [1.807, 2.05) is 13.8 Å². The van der Waals surface area contributed by atoms with E-state index >= 15 is 0 Å². The summed E-state index contributed by atoms with van der Waals surface area (Å²) in [7, 11) is 0. The predicted molar refractivity (Wildman–Crippen MR) is 63.7 cm³/mol. The highest BCUT2D eigenvalue weighted by Gasteiger charge is 2.06. The maximum absolute atomic E-state index is 11.6. The molecule has 0 spiro atoms. The Kier molecular flexibility index (Phi) is 4.51. The average molecular weight is 236 g/mol. The van der Waals surface area contributed by atoms with E-state index in [9.17, 15) is 9.59 Å². The summed E-state index contributed by atoms with van der Waals surface area (Å²) in [6.45, 7) is 3.61. The average Bonchev–Trinajstić information content (AvgIpc) is 2.26. The SMILES string of the molecule is CC(C)NC(=O)c1ccc(OCC(N)=O)cc1. The van der Waals surface area contributed by atoms with Crippen molar-refractivity contribution in [3.05, 3.63) is 29.8 Å². The number of hydrogen-bond donors (Lipinski definition) is 2. The lowest BCUT2D eigenvalue weighted by molar-refractivity contribution is -0.119. The van der Waals surface area contributed by atoms with E-state index in [0.29, 0.717) is 11.3 Å². The van der Waals surface area contributed by atoms with E-state index in [2.05, 4.69) is 5.32 Å². The van der Waals surface area contributed by atoms with Crippen molar-refractivity contribution in [2.24, 2.45) is 5.73 Å². The smallest absolute Gasteiger partial charge is 0.255 e. The number of ether oxygens (including phenoxy) is 1. The lowest BCUT2D eigenvalue weighted by atomic mass is 10.2. The first kappa shape index (κ1) is 13.0. The number of carbonyl (C=O) groups excluding carboxylic acids is 2. The van der Waals surface area contributed by atoms with Gasteiger partial charge in [0.2, 0.25) is 0 Å². The second-order valence-electron chi connectivity index (χ2n) is 3.91. The van der Waals surface area contributed by atoms with Crippen LogP contribution in [-0.4, -0.2) is 24.5 Å². The highest BCUT2D eigenvalue weighted by Crippen LogP contribution is 2.12. The molecule has 1 rings (SSSR count). The van der Waals surface area contributed by atoms with Crippen LogP contribution >= 0.6 is 0 Å². The van der Waals surface area contributed by atoms with E-state index in [4.69, 9.17) is 10.5 Å². The first-order valence-electron chi connectivity index (χ1n) is 5.31. The quantitative estimate of drug-likeness (QED) is 0.789. The van der Waals surface area contributed by atoms with E-state index in [1.54, 1.807) is 24.3 Å². The van der Waals surface area contributed by atoms with Gasteiger partial charge in [0.05, 0.1) is 0 Å². The first-order valence-corrected chi connectivity index (χ1v) is 5.31. The number of rotatable bonds is 5. The Labute approximate surface area is 99.9 Å². The molecule has 0 fully saturated rings. The van der Waals surface area contributed by atoms with Gasteiger partial charge in [-0.1, -0.05) is 0 Å². The van der Waals surface area contributed by atoms with Gasteiger partial charge in [0.15, 0.2) is 6.61 Å². The first-order chi connectivity index (χ1) is 7.99. The zero-order valence-corrected chi connectivity index (χ0v) is 9.90. The monoisotopic (exact) mass is 236 g/mol. The van der Waals surface area contributed by atoms with Gasteiger partial charge in [-0.05, 0) is 38.1 Å². The lowest BCUT2D eigenvalue weighted by Crippen LogP contribution is -2.29. The van der Waals surface area contributed by atoms with Gasteiger partial charge in [-0.2, -0.15) is 0 Å². The Bertz CT molecular complexity index is 399. The van der Waals surface area contributed by atoms with Gasteiger partial charge in [-0.15, -0.1) is 0 Å². The predicted octanol–water partition coefficient (Wildman–Crippen LogP) is 0.689. The molecule has 1 aromatic carbocycles. The molecule has 1 aromatic rings. The molecule has 0 radical (unpaired) electrons. The molecule has 0 unspecified atom stereocenters. The molecule has 0 heterocycles. The van der Waals surface area contributed by atoms with Crippen LogP contribution in [-0.2, 0) is 4.79 Å². The Balaban J connectivity index is 2.61. The van der Waals surface area contributed by atoms with Gasteiger partial charge in [0.25, 0.3) is 11.8 Å². The Hall–Kier alpha value is -2.04. The van der Waals surface area contributed by atoms with Crippen molar-refractivity contribution < 1.29 is 14.3 Å². The molecule has 5 heteroatoms. The van der Waals surface area contributed by atoms with Crippen LogP contribution in [0.2, 0.25) is 0 Å². The molecule has 0 atom stereocenters. The topological polar surface area (TPSA) is 81.4 Å². The fraction of sp³-hybridized carbons (Fsp3) is 0.333. The molecule has 17 heavy (non-hydrogen) atoms. The minimum absolute atomic E-state index is 0.0910. The van der Waals surface area contributed by atoms with Crippen LogP contribution in [0.4, 0.5) is 0 Å². The minimum Gasteiger partial charge on any atom is -0.484 e. The van der Waals surface area contributed by atoms with Crippen molar-refractivity contribution in [3.63, 3.8) is 0 Å². The molecule has 92 valence electrons. The highest BCUT2D eigenvalue weighted by molar-refractivity contribution is 5.94. The summed E-state index contributed by atoms with van der Waals surface area (Å²) in [4.78, 5) is 22.1. The summed E-state index contributed by atoms with van der Waals surface area (Å²) in [5, 5.41) is 2.77. The maximum atomic E-state index is 11.6. The fourth-order valence-electron chi connectivity index (χ4n) is 1.20. The molecule has 0 aliphatic heterocycles. The minimum atomic E-state index is -0.536. The van der Waals surface area contributed by atoms with Crippen LogP contribution < -0.4 is 15.8 Å². The van der Waals surface area contributed by atoms with Gasteiger partial charge in [0, 0.05) is 11.6 Å².